The Morgan fingerprint density at radius 3 is 2.53 bits per heavy atom. The van der Waals surface area contributed by atoms with Crippen molar-refractivity contribution in [2.24, 2.45) is 0 Å². The van der Waals surface area contributed by atoms with Gasteiger partial charge in [-0.15, -0.1) is 12.4 Å². The number of halogens is 2. The molecule has 1 amide bonds. The summed E-state index contributed by atoms with van der Waals surface area (Å²) >= 11 is 3.35. The summed E-state index contributed by atoms with van der Waals surface area (Å²) < 4.78 is 6.52. The van der Waals surface area contributed by atoms with Crippen LogP contribution in [0, 0.1) is 0 Å². The molecule has 108 valence electrons. The first kappa shape index (κ1) is 18.2. The van der Waals surface area contributed by atoms with Crippen LogP contribution in [-0.4, -0.2) is 32.1 Å². The Kier molecular flexibility index (Phi) is 9.65. The first-order valence-electron chi connectivity index (χ1n) is 5.98. The number of amides is 1. The third kappa shape index (κ3) is 7.40. The van der Waals surface area contributed by atoms with Crippen molar-refractivity contribution >= 4 is 34.2 Å². The van der Waals surface area contributed by atoms with E-state index < -0.39 is 6.10 Å². The Balaban J connectivity index is 0.00000324. The molecule has 6 heteroatoms. The molecule has 1 rings (SSSR count). The van der Waals surface area contributed by atoms with Crippen LogP contribution in [-0.2, 0) is 4.79 Å². The zero-order chi connectivity index (χ0) is 13.4. The summed E-state index contributed by atoms with van der Waals surface area (Å²) in [6, 6.07) is 7.42. The molecule has 1 aromatic carbocycles. The van der Waals surface area contributed by atoms with E-state index in [4.69, 9.17) is 4.74 Å². The topological polar surface area (TPSA) is 50.4 Å². The van der Waals surface area contributed by atoms with E-state index in [-0.39, 0.29) is 18.3 Å². The van der Waals surface area contributed by atoms with Crippen molar-refractivity contribution in [3.05, 3.63) is 28.7 Å². The second kappa shape index (κ2) is 10.1. The van der Waals surface area contributed by atoms with Gasteiger partial charge in [-0.25, -0.2) is 0 Å². The van der Waals surface area contributed by atoms with Crippen LogP contribution in [0.2, 0.25) is 0 Å². The Labute approximate surface area is 128 Å². The molecule has 0 aromatic heterocycles. The van der Waals surface area contributed by atoms with E-state index in [2.05, 4.69) is 26.6 Å². The van der Waals surface area contributed by atoms with Gasteiger partial charge in [-0.2, -0.15) is 0 Å². The highest BCUT2D eigenvalue weighted by Crippen LogP contribution is 2.17. The second-order valence-corrected chi connectivity index (χ2v) is 4.88. The molecule has 0 bridgehead atoms. The predicted molar refractivity (Wildman–Crippen MR) is 83.0 cm³/mol. The van der Waals surface area contributed by atoms with Crippen molar-refractivity contribution in [3.8, 4) is 5.75 Å². The molecular weight excluding hydrogens is 332 g/mol. The van der Waals surface area contributed by atoms with E-state index in [0.717, 1.165) is 17.4 Å². The van der Waals surface area contributed by atoms with Crippen LogP contribution < -0.4 is 15.4 Å². The molecule has 0 saturated heterocycles. The highest BCUT2D eigenvalue weighted by atomic mass is 79.9. The van der Waals surface area contributed by atoms with Crippen molar-refractivity contribution in [1.82, 2.24) is 10.6 Å². The molecule has 0 radical (unpaired) electrons. The van der Waals surface area contributed by atoms with Crippen LogP contribution in [0.25, 0.3) is 0 Å². The van der Waals surface area contributed by atoms with Crippen LogP contribution in [0.15, 0.2) is 28.7 Å². The normalized spacial score (nSPS) is 11.3. The Morgan fingerprint density at radius 1 is 1.32 bits per heavy atom. The Hall–Kier alpha value is -0.780. The van der Waals surface area contributed by atoms with Gasteiger partial charge in [0.15, 0.2) is 6.10 Å². The zero-order valence-corrected chi connectivity index (χ0v) is 13.5. The van der Waals surface area contributed by atoms with Gasteiger partial charge < -0.3 is 15.4 Å². The Bertz CT molecular complexity index is 373. The smallest absolute Gasteiger partial charge is 0.260 e. The third-order valence-electron chi connectivity index (χ3n) is 2.40. The fourth-order valence-corrected chi connectivity index (χ4v) is 1.66. The maximum Gasteiger partial charge on any atom is 0.260 e. The van der Waals surface area contributed by atoms with Crippen molar-refractivity contribution in [2.45, 2.75) is 19.4 Å². The number of hydrogen-bond donors (Lipinski definition) is 2. The quantitative estimate of drug-likeness (QED) is 0.742. The summed E-state index contributed by atoms with van der Waals surface area (Å²) in [7, 11) is 1.89. The van der Waals surface area contributed by atoms with Crippen LogP contribution in [0.3, 0.4) is 0 Å². The largest absolute Gasteiger partial charge is 0.481 e. The van der Waals surface area contributed by atoms with Crippen molar-refractivity contribution < 1.29 is 9.53 Å². The van der Waals surface area contributed by atoms with E-state index in [1.807, 2.05) is 31.3 Å². The summed E-state index contributed by atoms with van der Waals surface area (Å²) in [6.45, 7) is 3.30. The molecule has 0 aliphatic rings. The van der Waals surface area contributed by atoms with Crippen LogP contribution in [0.4, 0.5) is 0 Å². The predicted octanol–water partition coefficient (Wildman–Crippen LogP) is 2.36. The molecule has 1 atom stereocenters. The first-order chi connectivity index (χ1) is 8.63. The lowest BCUT2D eigenvalue weighted by Gasteiger charge is -2.14. The number of carbonyl (C=O) groups is 1. The maximum absolute atomic E-state index is 11.7. The van der Waals surface area contributed by atoms with Crippen molar-refractivity contribution in [1.29, 1.82) is 0 Å². The van der Waals surface area contributed by atoms with Crippen LogP contribution in [0.5, 0.6) is 5.75 Å². The van der Waals surface area contributed by atoms with Gasteiger partial charge in [0.05, 0.1) is 0 Å². The fourth-order valence-electron chi connectivity index (χ4n) is 1.39. The molecule has 0 aliphatic carbocycles. The number of benzene rings is 1. The van der Waals surface area contributed by atoms with Gasteiger partial charge in [0.2, 0.25) is 0 Å². The summed E-state index contributed by atoms with van der Waals surface area (Å²) in [6.07, 6.45) is 0.425. The minimum absolute atomic E-state index is 0. The van der Waals surface area contributed by atoms with Crippen molar-refractivity contribution in [2.75, 3.05) is 20.1 Å². The molecule has 0 fully saturated rings. The van der Waals surface area contributed by atoms with Crippen molar-refractivity contribution in [3.63, 3.8) is 0 Å². The molecule has 1 unspecified atom stereocenters. The molecule has 0 heterocycles. The van der Waals surface area contributed by atoms with Gasteiger partial charge >= 0.3 is 0 Å². The SMILES string of the molecule is CNCCCNC(=O)C(C)Oc1ccc(Br)cc1.Cl. The number of ether oxygens (including phenoxy) is 1. The average Bonchev–Trinajstić information content (AvgIpc) is 2.37. The lowest BCUT2D eigenvalue weighted by molar-refractivity contribution is -0.127. The molecule has 0 aliphatic heterocycles. The number of rotatable bonds is 7. The third-order valence-corrected chi connectivity index (χ3v) is 2.93. The molecule has 2 N–H and O–H groups in total. The van der Waals surface area contributed by atoms with E-state index in [1.165, 1.54) is 0 Å². The maximum atomic E-state index is 11.7. The molecule has 4 nitrogen and oxygen atoms in total. The second-order valence-electron chi connectivity index (χ2n) is 3.96. The zero-order valence-electron chi connectivity index (χ0n) is 11.1. The first-order valence-corrected chi connectivity index (χ1v) is 6.77. The van der Waals surface area contributed by atoms with Gasteiger partial charge in [-0.3, -0.25) is 4.79 Å². The Morgan fingerprint density at radius 2 is 1.95 bits per heavy atom. The lowest BCUT2D eigenvalue weighted by Crippen LogP contribution is -2.37. The monoisotopic (exact) mass is 350 g/mol. The molecule has 19 heavy (non-hydrogen) atoms. The van der Waals surface area contributed by atoms with Gasteiger partial charge in [-0.05, 0) is 51.2 Å². The summed E-state index contributed by atoms with van der Waals surface area (Å²) in [5.41, 5.74) is 0. The minimum Gasteiger partial charge on any atom is -0.481 e. The average molecular weight is 352 g/mol. The number of nitrogens with one attached hydrogen (secondary N) is 2. The molecule has 1 aromatic rings. The van der Waals surface area contributed by atoms with Gasteiger partial charge in [0, 0.05) is 11.0 Å². The number of carbonyl (C=O) groups excluding carboxylic acids is 1. The molecule has 0 saturated carbocycles. The summed E-state index contributed by atoms with van der Waals surface area (Å²) in [4.78, 5) is 11.7. The standard InChI is InChI=1S/C13H19BrN2O2.ClH/c1-10(13(17)16-9-3-8-15-2)18-12-6-4-11(14)5-7-12;/h4-7,10,15H,3,8-9H2,1-2H3,(H,16,17);1H. The highest BCUT2D eigenvalue weighted by molar-refractivity contribution is 9.10. The van der Waals surface area contributed by atoms with E-state index in [0.29, 0.717) is 12.3 Å². The van der Waals surface area contributed by atoms with E-state index in [1.54, 1.807) is 6.92 Å². The van der Waals surface area contributed by atoms with Crippen LogP contribution in [0.1, 0.15) is 13.3 Å². The number of hydrogen-bond acceptors (Lipinski definition) is 3. The summed E-state index contributed by atoms with van der Waals surface area (Å²) in [5.74, 6) is 0.602. The molecular formula is C13H20BrClN2O2. The van der Waals surface area contributed by atoms with Crippen LogP contribution >= 0.6 is 28.3 Å². The minimum atomic E-state index is -0.485. The lowest BCUT2D eigenvalue weighted by atomic mass is 10.3. The summed E-state index contributed by atoms with van der Waals surface area (Å²) in [5, 5.41) is 5.86. The fraction of sp³-hybridized carbons (Fsp3) is 0.462. The van der Waals surface area contributed by atoms with Gasteiger partial charge in [0.1, 0.15) is 5.75 Å². The van der Waals surface area contributed by atoms with E-state index in [9.17, 15) is 4.79 Å². The molecule has 0 spiro atoms. The highest BCUT2D eigenvalue weighted by Gasteiger charge is 2.13. The van der Waals surface area contributed by atoms with E-state index >= 15 is 0 Å². The van der Waals surface area contributed by atoms with Gasteiger partial charge in [0.25, 0.3) is 5.91 Å². The van der Waals surface area contributed by atoms with Gasteiger partial charge in [-0.1, -0.05) is 15.9 Å².